The van der Waals surface area contributed by atoms with Crippen LogP contribution >= 0.6 is 0 Å². The molecule has 0 heterocycles. The van der Waals surface area contributed by atoms with Gasteiger partial charge in [-0.05, 0) is 68.6 Å². The average Bonchev–Trinajstić information content (AvgIpc) is 3.16. The number of hydrogen-bond donors (Lipinski definition) is 1. The summed E-state index contributed by atoms with van der Waals surface area (Å²) in [5.74, 6) is 2.16. The summed E-state index contributed by atoms with van der Waals surface area (Å²) in [6.45, 7) is 2.14. The Kier molecular flexibility index (Phi) is 8.65. The monoisotopic (exact) mass is 384 g/mol. The van der Waals surface area contributed by atoms with Crippen LogP contribution in [-0.4, -0.2) is 31.0 Å². The summed E-state index contributed by atoms with van der Waals surface area (Å²) in [6.07, 6.45) is 14.7. The zero-order valence-electron chi connectivity index (χ0n) is 16.2. The smallest absolute Gasteiger partial charge is 0.303 e. The zero-order valence-corrected chi connectivity index (χ0v) is 17.1. The Morgan fingerprint density at radius 2 is 1.77 bits per heavy atom. The van der Waals surface area contributed by atoms with Gasteiger partial charge in [0.15, 0.2) is 9.84 Å². The maximum Gasteiger partial charge on any atom is 0.303 e. The normalized spacial score (nSPS) is 28.2. The first kappa shape index (κ1) is 21.5. The highest BCUT2D eigenvalue weighted by Crippen LogP contribution is 2.54. The number of unbranched alkanes of at least 4 members (excludes halogenated alkanes) is 4. The molecule has 0 aliphatic heterocycles. The molecule has 0 aromatic carbocycles. The second kappa shape index (κ2) is 10.5. The lowest BCUT2D eigenvalue weighted by molar-refractivity contribution is -0.137. The SMILES string of the molecule is CCCCCCS(=O)(=O)C[C@H]1[C@H]2CC[C@H](C2)[C@H]1CC=CCCCC(=O)O. The minimum absolute atomic E-state index is 0.220. The number of carbonyl (C=O) groups is 1. The number of sulfone groups is 1. The first-order valence-electron chi connectivity index (χ1n) is 10.5. The third-order valence-electron chi connectivity index (χ3n) is 6.37. The van der Waals surface area contributed by atoms with Crippen LogP contribution in [0, 0.1) is 23.7 Å². The molecule has 0 radical (unpaired) electrons. The molecule has 0 amide bonds. The molecule has 5 heteroatoms. The molecule has 0 aromatic heterocycles. The highest BCUT2D eigenvalue weighted by molar-refractivity contribution is 7.91. The number of rotatable bonds is 13. The fraction of sp³-hybridized carbons (Fsp3) is 0.857. The molecule has 26 heavy (non-hydrogen) atoms. The molecule has 0 unspecified atom stereocenters. The van der Waals surface area contributed by atoms with E-state index in [1.165, 1.54) is 19.3 Å². The van der Waals surface area contributed by atoms with Crippen LogP contribution in [-0.2, 0) is 14.6 Å². The highest BCUT2D eigenvalue weighted by atomic mass is 32.2. The first-order valence-corrected chi connectivity index (χ1v) is 12.3. The molecule has 4 atom stereocenters. The van der Waals surface area contributed by atoms with Crippen molar-refractivity contribution in [1.29, 1.82) is 0 Å². The second-order valence-electron chi connectivity index (χ2n) is 8.33. The number of carboxylic acid groups (broad SMARTS) is 1. The predicted octanol–water partition coefficient (Wildman–Crippen LogP) is 4.85. The predicted molar refractivity (Wildman–Crippen MR) is 106 cm³/mol. The maximum absolute atomic E-state index is 12.6. The van der Waals surface area contributed by atoms with Crippen molar-refractivity contribution in [3.8, 4) is 0 Å². The Hall–Kier alpha value is -0.840. The Morgan fingerprint density at radius 1 is 1.04 bits per heavy atom. The molecule has 0 saturated heterocycles. The van der Waals surface area contributed by atoms with E-state index in [0.29, 0.717) is 41.6 Å². The standard InChI is InChI=1S/C21H36O4S/c1-2-3-4-9-14-26(24,25)16-20-18-13-12-17(15-18)19(20)10-7-5-6-8-11-21(22)23/h5,7,17-20H,2-4,6,8-16H2,1H3,(H,22,23)/t17-,18+,19-,20+/m1/s1. The lowest BCUT2D eigenvalue weighted by Crippen LogP contribution is -2.30. The van der Waals surface area contributed by atoms with Gasteiger partial charge in [0.25, 0.3) is 0 Å². The molecule has 0 aromatic rings. The molecule has 2 fully saturated rings. The van der Waals surface area contributed by atoms with Crippen LogP contribution in [0.25, 0.3) is 0 Å². The molecule has 2 saturated carbocycles. The van der Waals surface area contributed by atoms with Crippen LogP contribution in [0.2, 0.25) is 0 Å². The van der Waals surface area contributed by atoms with Crippen molar-refractivity contribution < 1.29 is 18.3 Å². The van der Waals surface area contributed by atoms with Crippen molar-refractivity contribution in [2.75, 3.05) is 11.5 Å². The Balaban J connectivity index is 1.82. The number of carboxylic acids is 1. The van der Waals surface area contributed by atoms with Crippen molar-refractivity contribution in [1.82, 2.24) is 0 Å². The molecular formula is C21H36O4S. The third kappa shape index (κ3) is 6.71. The molecule has 1 N–H and O–H groups in total. The van der Waals surface area contributed by atoms with Crippen LogP contribution in [0.15, 0.2) is 12.2 Å². The topological polar surface area (TPSA) is 71.4 Å². The molecular weight excluding hydrogens is 348 g/mol. The lowest BCUT2D eigenvalue weighted by atomic mass is 9.78. The van der Waals surface area contributed by atoms with Gasteiger partial charge in [0, 0.05) is 6.42 Å². The van der Waals surface area contributed by atoms with Gasteiger partial charge in [-0.15, -0.1) is 0 Å². The van der Waals surface area contributed by atoms with Crippen LogP contribution < -0.4 is 0 Å². The Morgan fingerprint density at radius 3 is 2.46 bits per heavy atom. The van der Waals surface area contributed by atoms with Gasteiger partial charge in [0.1, 0.15) is 0 Å². The van der Waals surface area contributed by atoms with Gasteiger partial charge >= 0.3 is 5.97 Å². The van der Waals surface area contributed by atoms with Crippen molar-refractivity contribution >= 4 is 15.8 Å². The van der Waals surface area contributed by atoms with E-state index >= 15 is 0 Å². The van der Waals surface area contributed by atoms with E-state index in [0.717, 1.165) is 38.5 Å². The molecule has 2 aliphatic rings. The Bertz CT molecular complexity index is 567. The number of hydrogen-bond acceptors (Lipinski definition) is 3. The van der Waals surface area contributed by atoms with Gasteiger partial charge in [0.05, 0.1) is 11.5 Å². The van der Waals surface area contributed by atoms with Crippen LogP contribution in [0.4, 0.5) is 0 Å². The first-order chi connectivity index (χ1) is 12.4. The summed E-state index contributed by atoms with van der Waals surface area (Å²) in [4.78, 5) is 10.5. The second-order valence-corrected chi connectivity index (χ2v) is 10.6. The molecule has 0 spiro atoms. The van der Waals surface area contributed by atoms with E-state index in [2.05, 4.69) is 19.1 Å². The van der Waals surface area contributed by atoms with E-state index in [1.54, 1.807) is 0 Å². The molecule has 2 aliphatic carbocycles. The average molecular weight is 385 g/mol. The van der Waals surface area contributed by atoms with Crippen molar-refractivity contribution in [3.63, 3.8) is 0 Å². The summed E-state index contributed by atoms with van der Waals surface area (Å²) in [5, 5.41) is 8.67. The maximum atomic E-state index is 12.6. The largest absolute Gasteiger partial charge is 0.481 e. The lowest BCUT2D eigenvalue weighted by Gasteiger charge is -2.30. The van der Waals surface area contributed by atoms with Gasteiger partial charge in [0.2, 0.25) is 0 Å². The third-order valence-corrected chi connectivity index (χ3v) is 8.17. The van der Waals surface area contributed by atoms with E-state index < -0.39 is 15.8 Å². The van der Waals surface area contributed by atoms with Gasteiger partial charge in [-0.2, -0.15) is 0 Å². The highest BCUT2D eigenvalue weighted by Gasteiger charge is 2.47. The molecule has 150 valence electrons. The summed E-state index contributed by atoms with van der Waals surface area (Å²) in [6, 6.07) is 0. The van der Waals surface area contributed by atoms with Crippen molar-refractivity contribution in [2.24, 2.45) is 23.7 Å². The van der Waals surface area contributed by atoms with Gasteiger partial charge in [-0.1, -0.05) is 38.3 Å². The minimum Gasteiger partial charge on any atom is -0.481 e. The molecule has 2 rings (SSSR count). The van der Waals surface area contributed by atoms with Crippen molar-refractivity contribution in [2.45, 2.75) is 77.6 Å². The summed E-state index contributed by atoms with van der Waals surface area (Å²) < 4.78 is 25.2. The quantitative estimate of drug-likeness (QED) is 0.364. The van der Waals surface area contributed by atoms with Crippen molar-refractivity contribution in [3.05, 3.63) is 12.2 Å². The fourth-order valence-electron chi connectivity index (χ4n) is 5.02. The molecule has 4 nitrogen and oxygen atoms in total. The van der Waals surface area contributed by atoms with Crippen LogP contribution in [0.3, 0.4) is 0 Å². The molecule has 2 bridgehead atoms. The van der Waals surface area contributed by atoms with E-state index in [9.17, 15) is 13.2 Å². The number of aliphatic carboxylic acids is 1. The van der Waals surface area contributed by atoms with Gasteiger partial charge in [-0.25, -0.2) is 8.42 Å². The summed E-state index contributed by atoms with van der Waals surface area (Å²) in [7, 11) is -2.94. The van der Waals surface area contributed by atoms with Gasteiger partial charge in [-0.3, -0.25) is 4.79 Å². The van der Waals surface area contributed by atoms with Crippen LogP contribution in [0.5, 0.6) is 0 Å². The number of allylic oxidation sites excluding steroid dienone is 2. The van der Waals surface area contributed by atoms with Crippen LogP contribution in [0.1, 0.15) is 77.6 Å². The summed E-state index contributed by atoms with van der Waals surface area (Å²) in [5.41, 5.74) is 0. The Labute approximate surface area is 159 Å². The summed E-state index contributed by atoms with van der Waals surface area (Å²) >= 11 is 0. The van der Waals surface area contributed by atoms with E-state index in [4.69, 9.17) is 5.11 Å². The zero-order chi connectivity index (χ0) is 19.0. The minimum atomic E-state index is -2.94. The van der Waals surface area contributed by atoms with Gasteiger partial charge < -0.3 is 5.11 Å². The van der Waals surface area contributed by atoms with E-state index in [-0.39, 0.29) is 6.42 Å². The fourth-order valence-corrected chi connectivity index (χ4v) is 6.94. The van der Waals surface area contributed by atoms with E-state index in [1.807, 2.05) is 0 Å². The number of fused-ring (bicyclic) bond motifs is 2.